The van der Waals surface area contributed by atoms with E-state index in [4.69, 9.17) is 4.42 Å². The highest BCUT2D eigenvalue weighted by molar-refractivity contribution is 9.11. The Morgan fingerprint density at radius 1 is 1.12 bits per heavy atom. The maximum Gasteiger partial charge on any atom is 0.201 e. The van der Waals surface area contributed by atoms with Gasteiger partial charge in [-0.25, -0.2) is 0 Å². The summed E-state index contributed by atoms with van der Waals surface area (Å²) in [5.41, 5.74) is 1.76. The van der Waals surface area contributed by atoms with E-state index in [1.54, 1.807) is 6.07 Å². The van der Waals surface area contributed by atoms with Gasteiger partial charge < -0.3 is 20.0 Å². The molecule has 0 atom stereocenters. The van der Waals surface area contributed by atoms with E-state index < -0.39 is 0 Å². The third kappa shape index (κ3) is 3.67. The highest BCUT2D eigenvalue weighted by Crippen LogP contribution is 2.32. The summed E-state index contributed by atoms with van der Waals surface area (Å²) in [5, 5.41) is 9.51. The number of hydrogen-bond donors (Lipinski definition) is 3. The molecule has 3 heterocycles. The first-order chi connectivity index (χ1) is 12.6. The fourth-order valence-electron chi connectivity index (χ4n) is 2.76. The Balaban J connectivity index is 1.32. The van der Waals surface area contributed by atoms with Crippen molar-refractivity contribution in [3.05, 3.63) is 54.9 Å². The van der Waals surface area contributed by atoms with Crippen LogP contribution in [0.2, 0.25) is 0 Å². The summed E-state index contributed by atoms with van der Waals surface area (Å²) in [6.45, 7) is 1.50. The average molecular weight is 497 g/mol. The van der Waals surface area contributed by atoms with Crippen molar-refractivity contribution >= 4 is 76.1 Å². The van der Waals surface area contributed by atoms with Gasteiger partial charge in [0, 0.05) is 35.1 Å². The van der Waals surface area contributed by atoms with E-state index in [-0.39, 0.29) is 5.43 Å². The Morgan fingerprint density at radius 2 is 1.96 bits per heavy atom. The second-order valence-electron chi connectivity index (χ2n) is 5.83. The second kappa shape index (κ2) is 7.46. The number of anilines is 2. The van der Waals surface area contributed by atoms with Gasteiger partial charge in [-0.3, -0.25) is 4.79 Å². The van der Waals surface area contributed by atoms with Crippen molar-refractivity contribution in [2.75, 3.05) is 23.7 Å². The molecule has 26 heavy (non-hydrogen) atoms. The van der Waals surface area contributed by atoms with Crippen LogP contribution in [0.5, 0.6) is 0 Å². The SMILES string of the molecule is O=c1cc(NCCCNc2cc3cc(Br)cc(Br)c3o2)[nH]c2ccsc12. The number of hydrogen-bond acceptors (Lipinski definition) is 5. The minimum absolute atomic E-state index is 0.0494. The summed E-state index contributed by atoms with van der Waals surface area (Å²) < 4.78 is 8.52. The number of pyridine rings is 1. The van der Waals surface area contributed by atoms with Gasteiger partial charge in [0.05, 0.1) is 14.7 Å². The zero-order chi connectivity index (χ0) is 18.1. The molecule has 3 N–H and O–H groups in total. The molecule has 0 radical (unpaired) electrons. The largest absolute Gasteiger partial charge is 0.440 e. The first-order valence-corrected chi connectivity index (χ1v) is 10.5. The monoisotopic (exact) mass is 495 g/mol. The molecule has 0 aliphatic rings. The number of H-pyrrole nitrogens is 1. The molecule has 0 aliphatic heterocycles. The first kappa shape index (κ1) is 17.6. The molecule has 0 saturated heterocycles. The number of rotatable bonds is 6. The van der Waals surface area contributed by atoms with Crippen LogP contribution in [0.3, 0.4) is 0 Å². The maximum absolute atomic E-state index is 12.0. The molecule has 0 unspecified atom stereocenters. The van der Waals surface area contributed by atoms with Crippen LogP contribution < -0.4 is 16.1 Å². The van der Waals surface area contributed by atoms with Crippen LogP contribution in [-0.2, 0) is 0 Å². The average Bonchev–Trinajstić information content (AvgIpc) is 3.21. The van der Waals surface area contributed by atoms with E-state index in [0.717, 1.165) is 61.3 Å². The molecule has 0 aliphatic carbocycles. The molecule has 1 aromatic carbocycles. The molecule has 134 valence electrons. The van der Waals surface area contributed by atoms with E-state index in [0.29, 0.717) is 0 Å². The zero-order valence-corrected chi connectivity index (χ0v) is 17.6. The lowest BCUT2D eigenvalue weighted by Crippen LogP contribution is -2.11. The Hall–Kier alpha value is -1.77. The number of fused-ring (bicyclic) bond motifs is 2. The molecular formula is C18H15Br2N3O2S. The minimum Gasteiger partial charge on any atom is -0.440 e. The molecule has 4 aromatic rings. The van der Waals surface area contributed by atoms with E-state index in [1.165, 1.54) is 11.3 Å². The lowest BCUT2D eigenvalue weighted by molar-refractivity contribution is 0.623. The van der Waals surface area contributed by atoms with Gasteiger partial charge in [-0.2, -0.15) is 0 Å². The number of nitrogens with one attached hydrogen (secondary N) is 3. The van der Waals surface area contributed by atoms with E-state index >= 15 is 0 Å². The van der Waals surface area contributed by atoms with Gasteiger partial charge >= 0.3 is 0 Å². The normalized spacial score (nSPS) is 11.3. The summed E-state index contributed by atoms with van der Waals surface area (Å²) in [5.74, 6) is 1.49. The molecule has 0 fully saturated rings. The molecule has 4 rings (SSSR count). The quantitative estimate of drug-likeness (QED) is 0.296. The predicted molar refractivity (Wildman–Crippen MR) is 116 cm³/mol. The third-order valence-electron chi connectivity index (χ3n) is 3.94. The van der Waals surface area contributed by atoms with E-state index in [1.807, 2.05) is 29.6 Å². The first-order valence-electron chi connectivity index (χ1n) is 8.07. The van der Waals surface area contributed by atoms with Crippen LogP contribution in [0.1, 0.15) is 6.42 Å². The fraction of sp³-hybridized carbons (Fsp3) is 0.167. The van der Waals surface area contributed by atoms with Crippen molar-refractivity contribution < 1.29 is 4.42 Å². The Labute approximate surface area is 170 Å². The lowest BCUT2D eigenvalue weighted by atomic mass is 10.2. The smallest absolute Gasteiger partial charge is 0.201 e. The Kier molecular flexibility index (Phi) is 5.06. The standard InChI is InChI=1S/C18H15Br2N3O2S/c19-11-6-10-7-16(25-17(10)12(20)8-11)22-4-1-3-21-15-9-14(24)18-13(23-15)2-5-26-18/h2,5-9,22H,1,3-4H2,(H2,21,23,24). The molecule has 3 aromatic heterocycles. The number of furan rings is 1. The van der Waals surface area contributed by atoms with E-state index in [9.17, 15) is 4.79 Å². The molecule has 8 heteroatoms. The number of aromatic amines is 1. The van der Waals surface area contributed by atoms with Crippen LogP contribution in [0.25, 0.3) is 21.2 Å². The Bertz CT molecular complexity index is 1130. The van der Waals surface area contributed by atoms with Crippen LogP contribution in [0.15, 0.2) is 53.9 Å². The van der Waals surface area contributed by atoms with Gasteiger partial charge in [0.1, 0.15) is 5.82 Å². The highest BCUT2D eigenvalue weighted by atomic mass is 79.9. The van der Waals surface area contributed by atoms with Crippen molar-refractivity contribution in [2.45, 2.75) is 6.42 Å². The van der Waals surface area contributed by atoms with Crippen molar-refractivity contribution in [2.24, 2.45) is 0 Å². The summed E-state index contributed by atoms with van der Waals surface area (Å²) in [4.78, 5) is 15.2. The zero-order valence-electron chi connectivity index (χ0n) is 13.6. The van der Waals surface area contributed by atoms with E-state index in [2.05, 4.69) is 47.5 Å². The van der Waals surface area contributed by atoms with Crippen LogP contribution >= 0.6 is 43.2 Å². The van der Waals surface area contributed by atoms with Gasteiger partial charge in [-0.1, -0.05) is 15.9 Å². The van der Waals surface area contributed by atoms with Crippen molar-refractivity contribution in [1.82, 2.24) is 4.98 Å². The molecule has 0 amide bonds. The van der Waals surface area contributed by atoms with Gasteiger partial charge in [0.25, 0.3) is 0 Å². The van der Waals surface area contributed by atoms with Gasteiger partial charge in [-0.05, 0) is 45.9 Å². The van der Waals surface area contributed by atoms with Crippen molar-refractivity contribution in [1.29, 1.82) is 0 Å². The van der Waals surface area contributed by atoms with Gasteiger partial charge in [-0.15, -0.1) is 11.3 Å². The van der Waals surface area contributed by atoms with Crippen LogP contribution in [-0.4, -0.2) is 18.1 Å². The number of halogens is 2. The summed E-state index contributed by atoms with van der Waals surface area (Å²) >= 11 is 8.45. The number of benzene rings is 1. The topological polar surface area (TPSA) is 70.1 Å². The summed E-state index contributed by atoms with van der Waals surface area (Å²) in [6, 6.07) is 9.51. The minimum atomic E-state index is 0.0494. The molecule has 5 nitrogen and oxygen atoms in total. The maximum atomic E-state index is 12.0. The Morgan fingerprint density at radius 3 is 2.85 bits per heavy atom. The second-order valence-corrected chi connectivity index (χ2v) is 8.52. The fourth-order valence-corrected chi connectivity index (χ4v) is 4.86. The third-order valence-corrected chi connectivity index (χ3v) is 5.91. The molecule has 0 spiro atoms. The molecule has 0 bridgehead atoms. The summed E-state index contributed by atoms with van der Waals surface area (Å²) in [6.07, 6.45) is 0.881. The predicted octanol–water partition coefficient (Wildman–Crippen LogP) is 5.77. The van der Waals surface area contributed by atoms with Crippen LogP contribution in [0, 0.1) is 0 Å². The number of aromatic nitrogens is 1. The molecular weight excluding hydrogens is 482 g/mol. The van der Waals surface area contributed by atoms with Crippen molar-refractivity contribution in [3.63, 3.8) is 0 Å². The van der Waals surface area contributed by atoms with Gasteiger partial charge in [0.15, 0.2) is 11.5 Å². The summed E-state index contributed by atoms with van der Waals surface area (Å²) in [7, 11) is 0. The molecule has 0 saturated carbocycles. The van der Waals surface area contributed by atoms with Gasteiger partial charge in [0.2, 0.25) is 5.43 Å². The number of thiophene rings is 1. The van der Waals surface area contributed by atoms with Crippen LogP contribution in [0.4, 0.5) is 11.7 Å². The highest BCUT2D eigenvalue weighted by Gasteiger charge is 2.08. The van der Waals surface area contributed by atoms with Crippen molar-refractivity contribution in [3.8, 4) is 0 Å². The lowest BCUT2D eigenvalue weighted by Gasteiger charge is -2.07.